The second kappa shape index (κ2) is 4.08. The number of fused-ring (bicyclic) bond motifs is 1. The number of hydrogen-bond donors (Lipinski definition) is 1. The third kappa shape index (κ3) is 1.82. The Balaban J connectivity index is 1.80. The minimum Gasteiger partial charge on any atom is -0.385 e. The summed E-state index contributed by atoms with van der Waals surface area (Å²) < 4.78 is 2.30. The van der Waals surface area contributed by atoms with E-state index < -0.39 is 0 Å². The summed E-state index contributed by atoms with van der Waals surface area (Å²) in [5.74, 6) is 2.07. The molecule has 19 heavy (non-hydrogen) atoms. The summed E-state index contributed by atoms with van der Waals surface area (Å²) in [6, 6.07) is 7.26. The first-order valence-electron chi connectivity index (χ1n) is 7.11. The van der Waals surface area contributed by atoms with Gasteiger partial charge in [-0.25, -0.2) is 0 Å². The van der Waals surface area contributed by atoms with Gasteiger partial charge in [0.2, 0.25) is 0 Å². The van der Waals surface area contributed by atoms with Gasteiger partial charge in [0.15, 0.2) is 5.82 Å². The molecular formula is C15H18N4. The van der Waals surface area contributed by atoms with Crippen molar-refractivity contribution in [2.75, 3.05) is 11.9 Å². The van der Waals surface area contributed by atoms with E-state index >= 15 is 0 Å². The van der Waals surface area contributed by atoms with Crippen LogP contribution in [0.15, 0.2) is 18.2 Å². The standard InChI is InChI=1S/C15H18N4/c1-10-17-18-15(19(10)13-5-6-13)12-4-7-14-11(9-12)3-2-8-16-14/h4,7,9,13,16H,2-3,5-6,8H2,1H3. The molecule has 0 saturated heterocycles. The summed E-state index contributed by atoms with van der Waals surface area (Å²) >= 11 is 0. The first kappa shape index (κ1) is 11.0. The van der Waals surface area contributed by atoms with Gasteiger partial charge in [-0.15, -0.1) is 10.2 Å². The number of rotatable bonds is 2. The van der Waals surface area contributed by atoms with Crippen LogP contribution < -0.4 is 5.32 Å². The zero-order valence-electron chi connectivity index (χ0n) is 11.2. The number of aryl methyl sites for hydroxylation is 2. The predicted molar refractivity (Wildman–Crippen MR) is 75.3 cm³/mol. The second-order valence-electron chi connectivity index (χ2n) is 5.57. The van der Waals surface area contributed by atoms with Crippen molar-refractivity contribution in [1.82, 2.24) is 14.8 Å². The summed E-state index contributed by atoms with van der Waals surface area (Å²) in [5, 5.41) is 12.1. The Hall–Kier alpha value is -1.84. The predicted octanol–water partition coefficient (Wildman–Crippen LogP) is 2.95. The molecule has 98 valence electrons. The fourth-order valence-electron chi connectivity index (χ4n) is 2.95. The monoisotopic (exact) mass is 254 g/mol. The minimum atomic E-state index is 0.624. The molecule has 0 amide bonds. The normalized spacial score (nSPS) is 17.9. The molecule has 1 aromatic carbocycles. The number of nitrogens with one attached hydrogen (secondary N) is 1. The van der Waals surface area contributed by atoms with Gasteiger partial charge < -0.3 is 9.88 Å². The fraction of sp³-hybridized carbons (Fsp3) is 0.467. The lowest BCUT2D eigenvalue weighted by atomic mass is 10.0. The number of benzene rings is 1. The van der Waals surface area contributed by atoms with E-state index in [1.54, 1.807) is 0 Å². The molecule has 0 bridgehead atoms. The quantitative estimate of drug-likeness (QED) is 0.896. The highest BCUT2D eigenvalue weighted by atomic mass is 15.3. The maximum Gasteiger partial charge on any atom is 0.164 e. The molecule has 1 aliphatic carbocycles. The van der Waals surface area contributed by atoms with Gasteiger partial charge in [-0.1, -0.05) is 0 Å². The van der Waals surface area contributed by atoms with Crippen LogP contribution in [0.4, 0.5) is 5.69 Å². The minimum absolute atomic E-state index is 0.624. The van der Waals surface area contributed by atoms with Gasteiger partial charge in [-0.3, -0.25) is 0 Å². The third-order valence-electron chi connectivity index (χ3n) is 4.08. The lowest BCUT2D eigenvalue weighted by Crippen LogP contribution is -2.11. The lowest BCUT2D eigenvalue weighted by Gasteiger charge is -2.18. The SMILES string of the molecule is Cc1nnc(-c2ccc3c(c2)CCCN3)n1C1CC1. The van der Waals surface area contributed by atoms with Crippen molar-refractivity contribution in [3.8, 4) is 11.4 Å². The maximum atomic E-state index is 4.39. The van der Waals surface area contributed by atoms with Crippen molar-refractivity contribution in [1.29, 1.82) is 0 Å². The smallest absolute Gasteiger partial charge is 0.164 e. The van der Waals surface area contributed by atoms with E-state index in [9.17, 15) is 0 Å². The molecule has 1 fully saturated rings. The van der Waals surface area contributed by atoms with E-state index in [1.165, 1.54) is 36.1 Å². The van der Waals surface area contributed by atoms with Gasteiger partial charge in [0.25, 0.3) is 0 Å². The third-order valence-corrected chi connectivity index (χ3v) is 4.08. The molecule has 4 nitrogen and oxygen atoms in total. The van der Waals surface area contributed by atoms with Crippen LogP contribution in [-0.2, 0) is 6.42 Å². The van der Waals surface area contributed by atoms with E-state index in [4.69, 9.17) is 0 Å². The molecule has 2 aromatic rings. The average molecular weight is 254 g/mol. The van der Waals surface area contributed by atoms with Crippen LogP contribution in [0.2, 0.25) is 0 Å². The Morgan fingerprint density at radius 1 is 1.26 bits per heavy atom. The number of hydrogen-bond acceptors (Lipinski definition) is 3. The van der Waals surface area contributed by atoms with Crippen molar-refractivity contribution in [3.05, 3.63) is 29.6 Å². The van der Waals surface area contributed by atoms with Crippen molar-refractivity contribution in [2.45, 2.75) is 38.6 Å². The Bertz CT molecular complexity index is 625. The van der Waals surface area contributed by atoms with Gasteiger partial charge in [-0.05, 0) is 56.4 Å². The molecule has 4 rings (SSSR count). The van der Waals surface area contributed by atoms with Crippen LogP contribution >= 0.6 is 0 Å². The summed E-state index contributed by atoms with van der Waals surface area (Å²) in [6.45, 7) is 3.14. The molecule has 1 N–H and O–H groups in total. The summed E-state index contributed by atoms with van der Waals surface area (Å²) in [7, 11) is 0. The van der Waals surface area contributed by atoms with Gasteiger partial charge >= 0.3 is 0 Å². The van der Waals surface area contributed by atoms with Crippen LogP contribution in [0.5, 0.6) is 0 Å². The van der Waals surface area contributed by atoms with Crippen LogP contribution in [-0.4, -0.2) is 21.3 Å². The Morgan fingerprint density at radius 3 is 3.00 bits per heavy atom. The highest BCUT2D eigenvalue weighted by Gasteiger charge is 2.28. The van der Waals surface area contributed by atoms with Crippen LogP contribution in [0, 0.1) is 6.92 Å². The van der Waals surface area contributed by atoms with E-state index in [-0.39, 0.29) is 0 Å². The lowest BCUT2D eigenvalue weighted by molar-refractivity contribution is 0.717. The molecular weight excluding hydrogens is 236 g/mol. The summed E-state index contributed by atoms with van der Waals surface area (Å²) in [6.07, 6.45) is 4.90. The van der Waals surface area contributed by atoms with Crippen molar-refractivity contribution >= 4 is 5.69 Å². The topological polar surface area (TPSA) is 42.7 Å². The highest BCUT2D eigenvalue weighted by molar-refractivity contribution is 5.65. The van der Waals surface area contributed by atoms with E-state index in [2.05, 4.69) is 45.2 Å². The van der Waals surface area contributed by atoms with Gasteiger partial charge in [0, 0.05) is 23.8 Å². The van der Waals surface area contributed by atoms with Crippen LogP contribution in [0.25, 0.3) is 11.4 Å². The van der Waals surface area contributed by atoms with Crippen molar-refractivity contribution in [3.63, 3.8) is 0 Å². The number of anilines is 1. The summed E-state index contributed by atoms with van der Waals surface area (Å²) in [4.78, 5) is 0. The fourth-order valence-corrected chi connectivity index (χ4v) is 2.95. The van der Waals surface area contributed by atoms with Gasteiger partial charge in [-0.2, -0.15) is 0 Å². The van der Waals surface area contributed by atoms with Crippen molar-refractivity contribution in [2.24, 2.45) is 0 Å². The Kier molecular flexibility index (Phi) is 2.37. The van der Waals surface area contributed by atoms with Crippen LogP contribution in [0.3, 0.4) is 0 Å². The molecule has 0 atom stereocenters. The maximum absolute atomic E-state index is 4.39. The summed E-state index contributed by atoms with van der Waals surface area (Å²) in [5.41, 5.74) is 3.89. The molecule has 2 heterocycles. The van der Waals surface area contributed by atoms with E-state index in [0.717, 1.165) is 24.6 Å². The molecule has 1 saturated carbocycles. The van der Waals surface area contributed by atoms with E-state index in [0.29, 0.717) is 6.04 Å². The molecule has 4 heteroatoms. The zero-order valence-corrected chi connectivity index (χ0v) is 11.2. The van der Waals surface area contributed by atoms with Crippen LogP contribution in [0.1, 0.15) is 36.7 Å². The molecule has 0 unspecified atom stereocenters. The number of nitrogens with zero attached hydrogens (tertiary/aromatic N) is 3. The molecule has 0 spiro atoms. The Morgan fingerprint density at radius 2 is 2.16 bits per heavy atom. The molecule has 2 aliphatic rings. The number of aromatic nitrogens is 3. The second-order valence-corrected chi connectivity index (χ2v) is 5.57. The molecule has 1 aromatic heterocycles. The van der Waals surface area contributed by atoms with E-state index in [1.807, 2.05) is 0 Å². The zero-order chi connectivity index (χ0) is 12.8. The Labute approximate surface area is 112 Å². The van der Waals surface area contributed by atoms with Gasteiger partial charge in [0.05, 0.1) is 0 Å². The molecule has 0 radical (unpaired) electrons. The first-order chi connectivity index (χ1) is 9.33. The first-order valence-corrected chi connectivity index (χ1v) is 7.11. The average Bonchev–Trinajstić information content (AvgIpc) is 3.21. The van der Waals surface area contributed by atoms with Crippen molar-refractivity contribution < 1.29 is 0 Å². The highest BCUT2D eigenvalue weighted by Crippen LogP contribution is 2.39. The largest absolute Gasteiger partial charge is 0.385 e. The van der Waals surface area contributed by atoms with Gasteiger partial charge in [0.1, 0.15) is 5.82 Å². The molecule has 1 aliphatic heterocycles.